The third kappa shape index (κ3) is 2.41. The summed E-state index contributed by atoms with van der Waals surface area (Å²) in [5.74, 6) is 0.0544. The number of Topliss-reactive ketones (excluding diaryl/α,β-unsaturated/α-hetero) is 1. The van der Waals surface area contributed by atoms with Crippen LogP contribution in [0.1, 0.15) is 30.1 Å². The van der Waals surface area contributed by atoms with Gasteiger partial charge in [0.05, 0.1) is 0 Å². The van der Waals surface area contributed by atoms with Crippen LogP contribution < -0.4 is 5.73 Å². The van der Waals surface area contributed by atoms with E-state index in [4.69, 9.17) is 5.73 Å². The van der Waals surface area contributed by atoms with Gasteiger partial charge < -0.3 is 5.73 Å². The number of benzene rings is 1. The number of carbonyl (C=O) groups excluding carboxylic acids is 1. The summed E-state index contributed by atoms with van der Waals surface area (Å²) in [4.78, 5) is 16.6. The Labute approximate surface area is 107 Å². The molecule has 1 aromatic heterocycles. The van der Waals surface area contributed by atoms with Crippen molar-refractivity contribution in [1.82, 2.24) is 4.98 Å². The first-order chi connectivity index (χ1) is 8.77. The molecule has 0 aliphatic rings. The van der Waals surface area contributed by atoms with E-state index in [2.05, 4.69) is 11.9 Å². The lowest BCUT2D eigenvalue weighted by Crippen LogP contribution is -2.23. The molecule has 0 aliphatic heterocycles. The molecular formula is C15H18N2O. The first-order valence-corrected chi connectivity index (χ1v) is 6.35. The van der Waals surface area contributed by atoms with Gasteiger partial charge >= 0.3 is 0 Å². The lowest BCUT2D eigenvalue weighted by Gasteiger charge is -2.13. The standard InChI is InChI=1S/C15H18N2O/c1-2-4-12(9-16)15(18)13-6-3-5-11-7-8-17-10-14(11)13/h3,5-8,10,12H,2,4,9,16H2,1H3. The van der Waals surface area contributed by atoms with E-state index in [1.54, 1.807) is 12.4 Å². The highest BCUT2D eigenvalue weighted by molar-refractivity contribution is 6.08. The summed E-state index contributed by atoms with van der Waals surface area (Å²) < 4.78 is 0. The molecule has 3 heteroatoms. The van der Waals surface area contributed by atoms with Gasteiger partial charge in [-0.3, -0.25) is 9.78 Å². The molecule has 0 fully saturated rings. The number of nitrogens with zero attached hydrogens (tertiary/aromatic N) is 1. The Morgan fingerprint density at radius 1 is 1.39 bits per heavy atom. The predicted molar refractivity (Wildman–Crippen MR) is 73.5 cm³/mol. The van der Waals surface area contributed by atoms with Crippen LogP contribution in [0.2, 0.25) is 0 Å². The number of hydrogen-bond donors (Lipinski definition) is 1. The van der Waals surface area contributed by atoms with E-state index >= 15 is 0 Å². The molecule has 2 rings (SSSR count). The largest absolute Gasteiger partial charge is 0.330 e. The summed E-state index contributed by atoms with van der Waals surface area (Å²) in [5.41, 5.74) is 6.44. The predicted octanol–water partition coefficient (Wildman–Crippen LogP) is 2.79. The zero-order chi connectivity index (χ0) is 13.0. The molecular weight excluding hydrogens is 224 g/mol. The second-order valence-corrected chi connectivity index (χ2v) is 4.49. The summed E-state index contributed by atoms with van der Waals surface area (Å²) in [7, 11) is 0. The molecule has 0 saturated heterocycles. The van der Waals surface area contributed by atoms with Crippen LogP contribution in [-0.4, -0.2) is 17.3 Å². The Morgan fingerprint density at radius 3 is 2.94 bits per heavy atom. The zero-order valence-electron chi connectivity index (χ0n) is 10.6. The van der Waals surface area contributed by atoms with Gasteiger partial charge in [-0.2, -0.15) is 0 Å². The Hall–Kier alpha value is -1.74. The van der Waals surface area contributed by atoms with Crippen LogP contribution in [0.3, 0.4) is 0 Å². The molecule has 3 nitrogen and oxygen atoms in total. The molecule has 1 heterocycles. The average Bonchev–Trinajstić information content (AvgIpc) is 2.43. The number of rotatable bonds is 5. The van der Waals surface area contributed by atoms with Crippen LogP contribution in [0.4, 0.5) is 0 Å². The van der Waals surface area contributed by atoms with Crippen molar-refractivity contribution in [1.29, 1.82) is 0 Å². The van der Waals surface area contributed by atoms with Crippen LogP contribution in [0.5, 0.6) is 0 Å². The fourth-order valence-corrected chi connectivity index (χ4v) is 2.25. The average molecular weight is 242 g/mol. The lowest BCUT2D eigenvalue weighted by atomic mass is 9.91. The van der Waals surface area contributed by atoms with Crippen molar-refractivity contribution in [3.63, 3.8) is 0 Å². The number of aromatic nitrogens is 1. The normalized spacial score (nSPS) is 12.6. The number of carbonyl (C=O) groups is 1. The van der Waals surface area contributed by atoms with Crippen LogP contribution >= 0.6 is 0 Å². The number of ketones is 1. The van der Waals surface area contributed by atoms with Crippen molar-refractivity contribution in [2.75, 3.05) is 6.54 Å². The quantitative estimate of drug-likeness (QED) is 0.820. The van der Waals surface area contributed by atoms with E-state index in [1.807, 2.05) is 24.3 Å². The van der Waals surface area contributed by atoms with Gasteiger partial charge in [-0.15, -0.1) is 0 Å². The van der Waals surface area contributed by atoms with Gasteiger partial charge in [0.25, 0.3) is 0 Å². The minimum absolute atomic E-state index is 0.0826. The molecule has 94 valence electrons. The topological polar surface area (TPSA) is 56.0 Å². The Bertz CT molecular complexity index is 546. The van der Waals surface area contributed by atoms with Gasteiger partial charge in [0.2, 0.25) is 0 Å². The maximum absolute atomic E-state index is 12.5. The van der Waals surface area contributed by atoms with Crippen molar-refractivity contribution in [2.24, 2.45) is 11.7 Å². The van der Waals surface area contributed by atoms with Gasteiger partial charge in [-0.05, 0) is 17.9 Å². The Balaban J connectivity index is 2.44. The van der Waals surface area contributed by atoms with Crippen LogP contribution in [0, 0.1) is 5.92 Å². The highest BCUT2D eigenvalue weighted by Gasteiger charge is 2.19. The van der Waals surface area contributed by atoms with Gasteiger partial charge in [0.15, 0.2) is 5.78 Å². The number of pyridine rings is 1. The third-order valence-corrected chi connectivity index (χ3v) is 3.24. The number of nitrogens with two attached hydrogens (primary N) is 1. The Kier molecular flexibility index (Phi) is 4.05. The van der Waals surface area contributed by atoms with Crippen LogP contribution in [0.15, 0.2) is 36.7 Å². The summed E-state index contributed by atoms with van der Waals surface area (Å²) >= 11 is 0. The van der Waals surface area contributed by atoms with Gasteiger partial charge in [-0.1, -0.05) is 31.5 Å². The lowest BCUT2D eigenvalue weighted by molar-refractivity contribution is 0.0919. The fourth-order valence-electron chi connectivity index (χ4n) is 2.25. The van der Waals surface area contributed by atoms with Crippen molar-refractivity contribution < 1.29 is 4.79 Å². The zero-order valence-corrected chi connectivity index (χ0v) is 10.6. The highest BCUT2D eigenvalue weighted by Crippen LogP contribution is 2.21. The maximum atomic E-state index is 12.5. The molecule has 0 bridgehead atoms. The van der Waals surface area contributed by atoms with Crippen molar-refractivity contribution in [2.45, 2.75) is 19.8 Å². The van der Waals surface area contributed by atoms with E-state index in [1.165, 1.54) is 0 Å². The molecule has 0 spiro atoms. The van der Waals surface area contributed by atoms with Crippen molar-refractivity contribution in [3.05, 3.63) is 42.2 Å². The van der Waals surface area contributed by atoms with Gasteiger partial charge in [-0.25, -0.2) is 0 Å². The molecule has 1 aromatic carbocycles. The summed E-state index contributed by atoms with van der Waals surface area (Å²) in [5, 5.41) is 1.96. The first kappa shape index (κ1) is 12.7. The van der Waals surface area contributed by atoms with Gasteiger partial charge in [0.1, 0.15) is 0 Å². The molecule has 18 heavy (non-hydrogen) atoms. The minimum atomic E-state index is -0.0826. The van der Waals surface area contributed by atoms with E-state index in [0.717, 1.165) is 29.2 Å². The van der Waals surface area contributed by atoms with E-state index < -0.39 is 0 Å². The molecule has 0 aliphatic carbocycles. The van der Waals surface area contributed by atoms with Gasteiger partial charge in [0, 0.05) is 35.8 Å². The molecule has 0 amide bonds. The third-order valence-electron chi connectivity index (χ3n) is 3.24. The first-order valence-electron chi connectivity index (χ1n) is 6.35. The molecule has 0 saturated carbocycles. The van der Waals surface area contributed by atoms with E-state index in [0.29, 0.717) is 6.54 Å². The summed E-state index contributed by atoms with van der Waals surface area (Å²) in [6, 6.07) is 7.69. The highest BCUT2D eigenvalue weighted by atomic mass is 16.1. The number of hydrogen-bond acceptors (Lipinski definition) is 3. The Morgan fingerprint density at radius 2 is 2.22 bits per heavy atom. The number of fused-ring (bicyclic) bond motifs is 1. The van der Waals surface area contributed by atoms with Crippen molar-refractivity contribution in [3.8, 4) is 0 Å². The summed E-state index contributed by atoms with van der Waals surface area (Å²) in [6.45, 7) is 2.48. The molecule has 2 aromatic rings. The van der Waals surface area contributed by atoms with E-state index in [9.17, 15) is 4.79 Å². The molecule has 1 atom stereocenters. The van der Waals surface area contributed by atoms with Crippen LogP contribution in [0.25, 0.3) is 10.8 Å². The molecule has 1 unspecified atom stereocenters. The van der Waals surface area contributed by atoms with E-state index in [-0.39, 0.29) is 11.7 Å². The van der Waals surface area contributed by atoms with Crippen molar-refractivity contribution >= 4 is 16.6 Å². The minimum Gasteiger partial charge on any atom is -0.330 e. The van der Waals surface area contributed by atoms with Crippen LogP contribution in [-0.2, 0) is 0 Å². The monoisotopic (exact) mass is 242 g/mol. The molecule has 0 radical (unpaired) electrons. The maximum Gasteiger partial charge on any atom is 0.167 e. The SMILES string of the molecule is CCCC(CN)C(=O)c1cccc2ccncc12. The fraction of sp³-hybridized carbons (Fsp3) is 0.333. The second-order valence-electron chi connectivity index (χ2n) is 4.49. The smallest absolute Gasteiger partial charge is 0.167 e. The summed E-state index contributed by atoms with van der Waals surface area (Å²) in [6.07, 6.45) is 5.30. The molecule has 2 N–H and O–H groups in total. The second kappa shape index (κ2) is 5.74.